The number of hydrogen-bond donors (Lipinski definition) is 1. The molecule has 0 heterocycles. The molecule has 0 aliphatic heterocycles. The highest BCUT2D eigenvalue weighted by atomic mass is 16.5. The Morgan fingerprint density at radius 1 is 1.36 bits per heavy atom. The first-order valence-electron chi connectivity index (χ1n) is 4.16. The van der Waals surface area contributed by atoms with E-state index in [2.05, 4.69) is 0 Å². The van der Waals surface area contributed by atoms with E-state index in [1.807, 2.05) is 0 Å². The highest BCUT2D eigenvalue weighted by molar-refractivity contribution is 5.79. The molecule has 82 valence electrons. The quantitative estimate of drug-likeness (QED) is 0.667. The van der Waals surface area contributed by atoms with Gasteiger partial charge in [0.05, 0.1) is 6.61 Å². The lowest BCUT2D eigenvalue weighted by Gasteiger charge is -2.23. The summed E-state index contributed by atoms with van der Waals surface area (Å²) in [6.07, 6.45) is 0. The van der Waals surface area contributed by atoms with Crippen LogP contribution in [-0.2, 0) is 9.53 Å². The third kappa shape index (κ3) is 4.66. The fourth-order valence-electron chi connectivity index (χ4n) is 0.890. The van der Waals surface area contributed by atoms with E-state index >= 15 is 0 Å². The van der Waals surface area contributed by atoms with Crippen molar-refractivity contribution < 1.29 is 19.4 Å². The molecular weight excluding hydrogens is 188 g/mol. The summed E-state index contributed by atoms with van der Waals surface area (Å²) in [6.45, 7) is 0.299. The number of methoxy groups -OCH3 is 1. The second-order valence-corrected chi connectivity index (χ2v) is 2.99. The largest absolute Gasteiger partial charge is 0.480 e. The summed E-state index contributed by atoms with van der Waals surface area (Å²) in [7, 11) is 4.65. The molecule has 1 N–H and O–H groups in total. The maximum absolute atomic E-state index is 11.4. The number of urea groups is 1. The summed E-state index contributed by atoms with van der Waals surface area (Å²) in [5.74, 6) is -1.03. The average molecular weight is 204 g/mol. The zero-order valence-corrected chi connectivity index (χ0v) is 8.69. The minimum absolute atomic E-state index is 0.278. The van der Waals surface area contributed by atoms with E-state index in [-0.39, 0.29) is 19.1 Å². The van der Waals surface area contributed by atoms with Gasteiger partial charge in [-0.15, -0.1) is 0 Å². The molecule has 0 spiro atoms. The molecule has 0 bridgehead atoms. The number of carboxylic acid groups (broad SMARTS) is 1. The molecule has 0 saturated carbocycles. The van der Waals surface area contributed by atoms with Gasteiger partial charge in [-0.05, 0) is 0 Å². The first-order valence-corrected chi connectivity index (χ1v) is 4.16. The van der Waals surface area contributed by atoms with Crippen LogP contribution in [0.2, 0.25) is 0 Å². The van der Waals surface area contributed by atoms with Crippen LogP contribution >= 0.6 is 0 Å². The lowest BCUT2D eigenvalue weighted by atomic mass is 10.5. The van der Waals surface area contributed by atoms with Crippen molar-refractivity contribution in [2.75, 3.05) is 40.9 Å². The van der Waals surface area contributed by atoms with Gasteiger partial charge in [-0.3, -0.25) is 4.79 Å². The number of carbonyl (C=O) groups excluding carboxylic acids is 1. The van der Waals surface area contributed by atoms with Crippen LogP contribution in [0.5, 0.6) is 0 Å². The summed E-state index contributed by atoms with van der Waals surface area (Å²) in [5.41, 5.74) is 0. The number of carboxylic acids is 1. The topological polar surface area (TPSA) is 70.1 Å². The van der Waals surface area contributed by atoms with Crippen molar-refractivity contribution >= 4 is 12.0 Å². The van der Waals surface area contributed by atoms with E-state index in [1.54, 1.807) is 14.1 Å². The van der Waals surface area contributed by atoms with E-state index in [1.165, 1.54) is 16.9 Å². The molecule has 0 aromatic carbocycles. The number of nitrogens with zero attached hydrogens (tertiary/aromatic N) is 2. The lowest BCUT2D eigenvalue weighted by Crippen LogP contribution is -2.43. The number of hydrogen-bond acceptors (Lipinski definition) is 3. The Balaban J connectivity index is 4.22. The van der Waals surface area contributed by atoms with E-state index < -0.39 is 5.97 Å². The van der Waals surface area contributed by atoms with Crippen LogP contribution in [-0.4, -0.2) is 67.8 Å². The number of rotatable bonds is 5. The van der Waals surface area contributed by atoms with Gasteiger partial charge in [-0.1, -0.05) is 0 Å². The first kappa shape index (κ1) is 12.7. The Bertz CT molecular complexity index is 206. The van der Waals surface area contributed by atoms with E-state index in [9.17, 15) is 9.59 Å². The van der Waals surface area contributed by atoms with Crippen LogP contribution < -0.4 is 0 Å². The Kier molecular flexibility index (Phi) is 5.62. The maximum Gasteiger partial charge on any atom is 0.323 e. The lowest BCUT2D eigenvalue weighted by molar-refractivity contribution is -0.137. The third-order valence-corrected chi connectivity index (χ3v) is 1.54. The zero-order chi connectivity index (χ0) is 11.1. The highest BCUT2D eigenvalue weighted by Crippen LogP contribution is 1.94. The number of aliphatic carboxylic acids is 1. The Morgan fingerprint density at radius 3 is 2.29 bits per heavy atom. The summed E-state index contributed by atoms with van der Waals surface area (Å²) in [5, 5.41) is 8.56. The fourth-order valence-corrected chi connectivity index (χ4v) is 0.890. The van der Waals surface area contributed by atoms with Crippen molar-refractivity contribution in [2.24, 2.45) is 0 Å². The highest BCUT2D eigenvalue weighted by Gasteiger charge is 2.17. The Hall–Kier alpha value is -1.30. The predicted molar refractivity (Wildman–Crippen MR) is 50.2 cm³/mol. The summed E-state index contributed by atoms with van der Waals surface area (Å²) >= 11 is 0. The molecule has 0 saturated heterocycles. The van der Waals surface area contributed by atoms with Gasteiger partial charge in [0.1, 0.15) is 6.54 Å². The minimum Gasteiger partial charge on any atom is -0.480 e. The van der Waals surface area contributed by atoms with Crippen LogP contribution in [0.3, 0.4) is 0 Å². The molecule has 6 heteroatoms. The van der Waals surface area contributed by atoms with Crippen molar-refractivity contribution in [3.05, 3.63) is 0 Å². The van der Waals surface area contributed by atoms with Gasteiger partial charge in [0.2, 0.25) is 0 Å². The second kappa shape index (κ2) is 6.20. The molecule has 0 atom stereocenters. The van der Waals surface area contributed by atoms with E-state index in [0.29, 0.717) is 6.61 Å². The standard InChI is InChI=1S/C8H16N2O4/c1-9(2)8(13)10(4-5-14-3)6-7(11)12/h4-6H2,1-3H3,(H,11,12). The third-order valence-electron chi connectivity index (χ3n) is 1.54. The van der Waals surface area contributed by atoms with Gasteiger partial charge in [-0.2, -0.15) is 0 Å². The van der Waals surface area contributed by atoms with Crippen molar-refractivity contribution in [3.63, 3.8) is 0 Å². The zero-order valence-electron chi connectivity index (χ0n) is 8.69. The molecule has 6 nitrogen and oxygen atoms in total. The van der Waals surface area contributed by atoms with Crippen LogP contribution in [0.1, 0.15) is 0 Å². The van der Waals surface area contributed by atoms with E-state index in [4.69, 9.17) is 9.84 Å². The molecule has 0 aliphatic carbocycles. The normalized spacial score (nSPS) is 9.64. The molecule has 0 unspecified atom stereocenters. The van der Waals surface area contributed by atoms with Gasteiger partial charge in [0.25, 0.3) is 0 Å². The van der Waals surface area contributed by atoms with Crippen molar-refractivity contribution in [2.45, 2.75) is 0 Å². The smallest absolute Gasteiger partial charge is 0.323 e. The molecule has 0 aliphatic rings. The van der Waals surface area contributed by atoms with Gasteiger partial charge in [0.15, 0.2) is 0 Å². The van der Waals surface area contributed by atoms with Crippen LogP contribution in [0, 0.1) is 0 Å². The SMILES string of the molecule is COCCN(CC(=O)O)C(=O)N(C)C. The summed E-state index contributed by atoms with van der Waals surface area (Å²) in [6, 6.07) is -0.329. The van der Waals surface area contributed by atoms with Gasteiger partial charge >= 0.3 is 12.0 Å². The molecule has 0 rings (SSSR count). The second-order valence-electron chi connectivity index (χ2n) is 2.99. The minimum atomic E-state index is -1.03. The summed E-state index contributed by atoms with van der Waals surface area (Å²) in [4.78, 5) is 24.4. The number of ether oxygens (including phenoxy) is 1. The monoisotopic (exact) mass is 204 g/mol. The molecule has 2 amide bonds. The molecule has 0 fully saturated rings. The van der Waals surface area contributed by atoms with Crippen LogP contribution in [0.15, 0.2) is 0 Å². The number of amides is 2. The summed E-state index contributed by atoms with van der Waals surface area (Å²) < 4.78 is 4.78. The average Bonchev–Trinajstić information content (AvgIpc) is 2.10. The predicted octanol–water partition coefficient (Wildman–Crippen LogP) is -0.299. The van der Waals surface area contributed by atoms with Crippen molar-refractivity contribution in [3.8, 4) is 0 Å². The van der Waals surface area contributed by atoms with Crippen molar-refractivity contribution in [1.82, 2.24) is 9.80 Å². The van der Waals surface area contributed by atoms with Crippen molar-refractivity contribution in [1.29, 1.82) is 0 Å². The molecule has 0 aromatic rings. The fraction of sp³-hybridized carbons (Fsp3) is 0.750. The van der Waals surface area contributed by atoms with Crippen LogP contribution in [0.25, 0.3) is 0 Å². The maximum atomic E-state index is 11.4. The Morgan fingerprint density at radius 2 is 1.93 bits per heavy atom. The molecule has 0 aromatic heterocycles. The van der Waals surface area contributed by atoms with Gasteiger partial charge in [0, 0.05) is 27.7 Å². The molecule has 14 heavy (non-hydrogen) atoms. The Labute approximate surface area is 83.0 Å². The molecular formula is C8H16N2O4. The van der Waals surface area contributed by atoms with E-state index in [0.717, 1.165) is 0 Å². The first-order chi connectivity index (χ1) is 6.49. The number of carbonyl (C=O) groups is 2. The molecule has 0 radical (unpaired) electrons. The van der Waals surface area contributed by atoms with Gasteiger partial charge < -0.3 is 19.6 Å². The van der Waals surface area contributed by atoms with Gasteiger partial charge in [-0.25, -0.2) is 4.79 Å². The van der Waals surface area contributed by atoms with Crippen LogP contribution in [0.4, 0.5) is 4.79 Å².